The van der Waals surface area contributed by atoms with Crippen LogP contribution in [-0.2, 0) is 18.3 Å². The van der Waals surface area contributed by atoms with E-state index in [9.17, 15) is 9.90 Å². The fourth-order valence-electron chi connectivity index (χ4n) is 4.00. The Balaban J connectivity index is 1.39. The van der Waals surface area contributed by atoms with Gasteiger partial charge in [0.1, 0.15) is 0 Å². The van der Waals surface area contributed by atoms with E-state index in [1.165, 1.54) is 5.56 Å². The third-order valence-electron chi connectivity index (χ3n) is 5.36. The number of nitrogens with zero attached hydrogens (tertiary/aromatic N) is 4. The molecule has 0 aliphatic carbocycles. The van der Waals surface area contributed by atoms with Gasteiger partial charge in [-0.05, 0) is 31.0 Å². The fourth-order valence-corrected chi connectivity index (χ4v) is 4.00. The quantitative estimate of drug-likeness (QED) is 0.706. The summed E-state index contributed by atoms with van der Waals surface area (Å²) in [5, 5.41) is 18.8. The first kappa shape index (κ1) is 18.6. The Kier molecular flexibility index (Phi) is 5.11. The van der Waals surface area contributed by atoms with Crippen molar-refractivity contribution in [3.05, 3.63) is 54.0 Å². The van der Waals surface area contributed by atoms with Crippen LogP contribution in [0, 0.1) is 12.8 Å². The number of para-hydroxylation sites is 1. The second-order valence-electron chi connectivity index (χ2n) is 7.56. The average Bonchev–Trinajstić information content (AvgIpc) is 3.16. The molecule has 0 bridgehead atoms. The molecule has 7 nitrogen and oxygen atoms in total. The Labute approximate surface area is 164 Å². The molecule has 0 spiro atoms. The van der Waals surface area contributed by atoms with Crippen LogP contribution in [0.3, 0.4) is 0 Å². The number of pyridine rings is 1. The topological polar surface area (TPSA) is 83.3 Å². The number of fused-ring (bicyclic) bond motifs is 1. The maximum atomic E-state index is 12.4. The van der Waals surface area contributed by atoms with Gasteiger partial charge in [0, 0.05) is 43.8 Å². The summed E-state index contributed by atoms with van der Waals surface area (Å²) in [4.78, 5) is 18.8. The number of amides is 1. The fraction of sp³-hybridized carbons (Fsp3) is 0.381. The zero-order chi connectivity index (χ0) is 19.7. The lowest BCUT2D eigenvalue weighted by atomic mass is 9.94. The summed E-state index contributed by atoms with van der Waals surface area (Å²) in [7, 11) is 1.83. The molecule has 1 aromatic carbocycles. The van der Waals surface area contributed by atoms with Crippen LogP contribution in [0.5, 0.6) is 0 Å². The van der Waals surface area contributed by atoms with Crippen LogP contribution in [0.2, 0.25) is 0 Å². The largest absolute Gasteiger partial charge is 0.391 e. The summed E-state index contributed by atoms with van der Waals surface area (Å²) in [5.74, 6) is 0.0112. The number of aliphatic hydroxyl groups is 1. The Bertz CT molecular complexity index is 994. The van der Waals surface area contributed by atoms with Gasteiger partial charge in [0.05, 0.1) is 29.5 Å². The molecule has 2 atom stereocenters. The van der Waals surface area contributed by atoms with Crippen LogP contribution in [0.4, 0.5) is 5.69 Å². The molecule has 2 N–H and O–H groups in total. The third-order valence-corrected chi connectivity index (χ3v) is 5.36. The monoisotopic (exact) mass is 379 g/mol. The van der Waals surface area contributed by atoms with Crippen molar-refractivity contribution in [2.45, 2.75) is 19.4 Å². The Morgan fingerprint density at radius 1 is 1.29 bits per heavy atom. The number of hydrogen-bond acceptors (Lipinski definition) is 5. The van der Waals surface area contributed by atoms with Crippen LogP contribution >= 0.6 is 0 Å². The van der Waals surface area contributed by atoms with Crippen molar-refractivity contribution in [1.82, 2.24) is 19.7 Å². The van der Waals surface area contributed by atoms with Crippen LogP contribution in [0.25, 0.3) is 10.9 Å². The van der Waals surface area contributed by atoms with Gasteiger partial charge in [0.25, 0.3) is 0 Å². The van der Waals surface area contributed by atoms with Crippen molar-refractivity contribution >= 4 is 22.5 Å². The van der Waals surface area contributed by atoms with Crippen molar-refractivity contribution in [1.29, 1.82) is 0 Å². The molecule has 1 aliphatic heterocycles. The number of carbonyl (C=O) groups excluding carboxylic acids is 1. The zero-order valence-corrected chi connectivity index (χ0v) is 16.2. The van der Waals surface area contributed by atoms with E-state index in [2.05, 4.69) is 21.5 Å². The predicted octanol–water partition coefficient (Wildman–Crippen LogP) is 1.75. The highest BCUT2D eigenvalue weighted by molar-refractivity contribution is 5.92. The van der Waals surface area contributed by atoms with Gasteiger partial charge in [0.15, 0.2) is 0 Å². The predicted molar refractivity (Wildman–Crippen MR) is 108 cm³/mol. The molecule has 0 saturated carbocycles. The first-order valence-electron chi connectivity index (χ1n) is 9.53. The minimum absolute atomic E-state index is 0.0849. The van der Waals surface area contributed by atoms with E-state index in [-0.39, 0.29) is 18.4 Å². The molecule has 28 heavy (non-hydrogen) atoms. The van der Waals surface area contributed by atoms with Crippen molar-refractivity contribution in [3.63, 3.8) is 0 Å². The maximum absolute atomic E-state index is 12.4. The average molecular weight is 379 g/mol. The van der Waals surface area contributed by atoms with Gasteiger partial charge in [-0.2, -0.15) is 5.10 Å². The summed E-state index contributed by atoms with van der Waals surface area (Å²) < 4.78 is 1.68. The molecule has 7 heteroatoms. The van der Waals surface area contributed by atoms with Gasteiger partial charge in [0.2, 0.25) is 5.91 Å². The number of anilines is 1. The van der Waals surface area contributed by atoms with Crippen molar-refractivity contribution in [2.75, 3.05) is 25.0 Å². The molecule has 1 saturated heterocycles. The first-order chi connectivity index (χ1) is 13.5. The number of hydrogen-bond donors (Lipinski definition) is 2. The van der Waals surface area contributed by atoms with Crippen LogP contribution < -0.4 is 5.32 Å². The summed E-state index contributed by atoms with van der Waals surface area (Å²) in [6.07, 6.45) is 3.94. The van der Waals surface area contributed by atoms with E-state index in [0.29, 0.717) is 13.1 Å². The smallest absolute Gasteiger partial charge is 0.238 e. The zero-order valence-electron chi connectivity index (χ0n) is 16.2. The third kappa shape index (κ3) is 3.90. The second kappa shape index (κ2) is 7.69. The number of rotatable bonds is 5. The van der Waals surface area contributed by atoms with Crippen LogP contribution in [0.15, 0.2) is 42.7 Å². The summed E-state index contributed by atoms with van der Waals surface area (Å²) >= 11 is 0. The summed E-state index contributed by atoms with van der Waals surface area (Å²) in [5.41, 5.74) is 3.68. The SMILES string of the molecule is Cc1nn(C)cc1NC(=O)CN1C[C@@H](Cc2ccnc3ccccc23)[C@@H](O)C1. The van der Waals surface area contributed by atoms with E-state index < -0.39 is 6.10 Å². The Morgan fingerprint density at radius 3 is 2.89 bits per heavy atom. The van der Waals surface area contributed by atoms with Crippen molar-refractivity contribution < 1.29 is 9.90 Å². The molecular weight excluding hydrogens is 354 g/mol. The number of aromatic nitrogens is 3. The number of carbonyl (C=O) groups is 1. The number of nitrogens with one attached hydrogen (secondary N) is 1. The number of aryl methyl sites for hydroxylation is 2. The highest BCUT2D eigenvalue weighted by Crippen LogP contribution is 2.25. The molecular formula is C21H25N5O2. The molecule has 1 amide bonds. The highest BCUT2D eigenvalue weighted by atomic mass is 16.3. The molecule has 0 unspecified atom stereocenters. The van der Waals surface area contributed by atoms with Crippen LogP contribution in [-0.4, -0.2) is 56.4 Å². The van der Waals surface area contributed by atoms with Gasteiger partial charge in [-0.3, -0.25) is 19.4 Å². The second-order valence-corrected chi connectivity index (χ2v) is 7.56. The molecule has 3 heterocycles. The number of benzene rings is 1. The standard InChI is InChI=1S/C21H25N5O2/c1-14-19(11-25(2)24-14)23-21(28)13-26-10-16(20(27)12-26)9-15-7-8-22-18-6-4-3-5-17(15)18/h3-8,11,16,20,27H,9-10,12-13H2,1-2H3,(H,23,28)/t16-,20+/m1/s1. The molecule has 3 aromatic rings. The van der Waals surface area contributed by atoms with Gasteiger partial charge in [-0.25, -0.2) is 0 Å². The highest BCUT2D eigenvalue weighted by Gasteiger charge is 2.32. The summed E-state index contributed by atoms with van der Waals surface area (Å²) in [6, 6.07) is 10.1. The minimum atomic E-state index is -0.445. The lowest BCUT2D eigenvalue weighted by Crippen LogP contribution is -2.32. The minimum Gasteiger partial charge on any atom is -0.391 e. The van der Waals surface area contributed by atoms with Crippen molar-refractivity contribution in [3.8, 4) is 0 Å². The summed E-state index contributed by atoms with van der Waals surface area (Å²) in [6.45, 7) is 3.33. The first-order valence-corrected chi connectivity index (χ1v) is 9.53. The molecule has 2 aromatic heterocycles. The van der Waals surface area contributed by atoms with Crippen LogP contribution in [0.1, 0.15) is 11.3 Å². The Morgan fingerprint density at radius 2 is 2.11 bits per heavy atom. The van der Waals surface area contributed by atoms with E-state index in [1.807, 2.05) is 49.3 Å². The molecule has 0 radical (unpaired) electrons. The van der Waals surface area contributed by atoms with Gasteiger partial charge < -0.3 is 10.4 Å². The van der Waals surface area contributed by atoms with E-state index in [1.54, 1.807) is 10.9 Å². The molecule has 1 aliphatic rings. The number of likely N-dealkylation sites (tertiary alicyclic amines) is 1. The lowest BCUT2D eigenvalue weighted by Gasteiger charge is -2.16. The molecule has 4 rings (SSSR count). The Hall–Kier alpha value is -2.77. The van der Waals surface area contributed by atoms with Crippen molar-refractivity contribution in [2.24, 2.45) is 13.0 Å². The normalized spacial score (nSPS) is 20.0. The number of aliphatic hydroxyl groups excluding tert-OH is 1. The van der Waals surface area contributed by atoms with E-state index in [0.717, 1.165) is 28.7 Å². The van der Waals surface area contributed by atoms with E-state index >= 15 is 0 Å². The van der Waals surface area contributed by atoms with Gasteiger partial charge >= 0.3 is 0 Å². The number of β-amino-alcohol motifs (C(OH)–C–C–N with tert-alkyl or cyclic N) is 1. The van der Waals surface area contributed by atoms with Gasteiger partial charge in [-0.15, -0.1) is 0 Å². The maximum Gasteiger partial charge on any atom is 0.238 e. The van der Waals surface area contributed by atoms with E-state index in [4.69, 9.17) is 0 Å². The lowest BCUT2D eigenvalue weighted by molar-refractivity contribution is -0.117. The molecule has 146 valence electrons. The molecule has 1 fully saturated rings. The van der Waals surface area contributed by atoms with Gasteiger partial charge in [-0.1, -0.05) is 18.2 Å².